The third-order valence-electron chi connectivity index (χ3n) is 5.65. The van der Waals surface area contributed by atoms with E-state index < -0.39 is 8.80 Å². The molecule has 1 aliphatic heterocycles. The maximum Gasteiger partial charge on any atom is 0.699 e. The highest BCUT2D eigenvalue weighted by molar-refractivity contribution is 6.63. The lowest BCUT2D eigenvalue weighted by Crippen LogP contribution is -2.54. The fourth-order valence-electron chi connectivity index (χ4n) is 3.77. The second-order valence-corrected chi connectivity index (χ2v) is 11.0. The molecule has 0 N–H and O–H groups in total. The predicted molar refractivity (Wildman–Crippen MR) is 136 cm³/mol. The van der Waals surface area contributed by atoms with Gasteiger partial charge >= 0.3 is 8.80 Å². The van der Waals surface area contributed by atoms with Crippen LogP contribution in [0.25, 0.3) is 0 Å². The molecule has 0 aliphatic carbocycles. The minimum Gasteiger partial charge on any atom is -0.483 e. The molecule has 5 nitrogen and oxygen atoms in total. The van der Waals surface area contributed by atoms with Crippen LogP contribution in [0.2, 0.25) is 6.04 Å². The summed E-state index contributed by atoms with van der Waals surface area (Å²) in [6.45, 7) is 5.72. The van der Waals surface area contributed by atoms with Crippen molar-refractivity contribution in [1.29, 1.82) is 0 Å². The Bertz CT molecular complexity index is 952. The van der Waals surface area contributed by atoms with Gasteiger partial charge in [0.05, 0.1) is 25.4 Å². The van der Waals surface area contributed by atoms with Gasteiger partial charge in [-0.3, -0.25) is 0 Å². The molecule has 0 amide bonds. The van der Waals surface area contributed by atoms with Gasteiger partial charge in [-0.25, -0.2) is 0 Å². The summed E-state index contributed by atoms with van der Waals surface area (Å²) in [6.07, 6.45) is 2.90. The normalized spacial score (nSPS) is 16.0. The summed E-state index contributed by atoms with van der Waals surface area (Å²) in [5, 5.41) is 0. The van der Waals surface area contributed by atoms with Crippen LogP contribution in [-0.2, 0) is 15.9 Å². The zero-order valence-electron chi connectivity index (χ0n) is 20.0. The molecular weight excluding hydrogens is 444 g/mol. The molecule has 0 spiro atoms. The molecule has 2 atom stereocenters. The molecule has 4 rings (SSSR count). The monoisotopic (exact) mass is 478 g/mol. The van der Waals surface area contributed by atoms with E-state index in [0.717, 1.165) is 48.7 Å². The molecule has 6 heteroatoms. The van der Waals surface area contributed by atoms with Gasteiger partial charge < -0.3 is 22.8 Å². The molecule has 180 valence electrons. The highest BCUT2D eigenvalue weighted by Gasteiger charge is 2.48. The van der Waals surface area contributed by atoms with Crippen molar-refractivity contribution < 1.29 is 22.8 Å². The third kappa shape index (κ3) is 7.10. The standard InChI is InChI=1S/C28H34O5Si/c1-3-19-34(31-25-14-7-5-8-15-25,32-26-16-9-6-10-17-26)33-28-18-12-11-13-23(28)20-24(4-2)29-21-27-22-30-27/h5-18,24,27H,3-4,19-22H2,1-2H3. The minimum absolute atomic E-state index is 0.0984. The van der Waals surface area contributed by atoms with Crippen molar-refractivity contribution >= 4 is 8.80 Å². The van der Waals surface area contributed by atoms with E-state index in [1.54, 1.807) is 0 Å². The molecule has 0 radical (unpaired) electrons. The number of para-hydroxylation sites is 3. The first kappa shape index (κ1) is 24.3. The summed E-state index contributed by atoms with van der Waals surface area (Å²) in [5.74, 6) is 2.28. The zero-order valence-corrected chi connectivity index (χ0v) is 21.0. The third-order valence-corrected chi connectivity index (χ3v) is 8.39. The predicted octanol–water partition coefficient (Wildman–Crippen LogP) is 6.31. The average molecular weight is 479 g/mol. The first-order valence-corrected chi connectivity index (χ1v) is 14.1. The summed E-state index contributed by atoms with van der Waals surface area (Å²) < 4.78 is 31.3. The molecule has 34 heavy (non-hydrogen) atoms. The Balaban J connectivity index is 1.61. The highest BCUT2D eigenvalue weighted by Crippen LogP contribution is 2.30. The molecule has 1 fully saturated rings. The van der Waals surface area contributed by atoms with Crippen molar-refractivity contribution in [1.82, 2.24) is 0 Å². The van der Waals surface area contributed by atoms with Crippen molar-refractivity contribution in [3.05, 3.63) is 90.5 Å². The van der Waals surface area contributed by atoms with Gasteiger partial charge in [-0.1, -0.05) is 68.4 Å². The summed E-state index contributed by atoms with van der Waals surface area (Å²) in [7, 11) is -3.20. The lowest BCUT2D eigenvalue weighted by Gasteiger charge is -2.31. The average Bonchev–Trinajstić information content (AvgIpc) is 3.69. The van der Waals surface area contributed by atoms with Gasteiger partial charge in [0.25, 0.3) is 0 Å². The van der Waals surface area contributed by atoms with Gasteiger partial charge in [-0.05, 0) is 48.7 Å². The van der Waals surface area contributed by atoms with Crippen molar-refractivity contribution in [3.8, 4) is 17.2 Å². The fraction of sp³-hybridized carbons (Fsp3) is 0.357. The topological polar surface area (TPSA) is 49.5 Å². The van der Waals surface area contributed by atoms with E-state index in [4.69, 9.17) is 22.8 Å². The summed E-state index contributed by atoms with van der Waals surface area (Å²) >= 11 is 0. The maximum atomic E-state index is 6.78. The lowest BCUT2D eigenvalue weighted by molar-refractivity contribution is 0.0403. The van der Waals surface area contributed by atoms with E-state index in [2.05, 4.69) is 19.9 Å². The van der Waals surface area contributed by atoms with E-state index in [1.807, 2.05) is 78.9 Å². The number of benzene rings is 3. The largest absolute Gasteiger partial charge is 0.699 e. The summed E-state index contributed by atoms with van der Waals surface area (Å²) in [6, 6.07) is 28.4. The Kier molecular flexibility index (Phi) is 8.63. The number of hydrogen-bond acceptors (Lipinski definition) is 5. The number of rotatable bonds is 14. The molecular formula is C28H34O5Si. The first-order chi connectivity index (χ1) is 16.7. The van der Waals surface area contributed by atoms with Crippen LogP contribution >= 0.6 is 0 Å². The summed E-state index contributed by atoms with van der Waals surface area (Å²) in [5.41, 5.74) is 1.09. The van der Waals surface area contributed by atoms with Gasteiger partial charge in [0.2, 0.25) is 0 Å². The maximum absolute atomic E-state index is 6.78. The van der Waals surface area contributed by atoms with Crippen LogP contribution < -0.4 is 13.3 Å². The number of hydrogen-bond donors (Lipinski definition) is 0. The Labute approximate surface area is 204 Å². The van der Waals surface area contributed by atoms with Crippen LogP contribution in [0, 0.1) is 0 Å². The van der Waals surface area contributed by atoms with Crippen molar-refractivity contribution in [2.45, 2.75) is 51.4 Å². The zero-order chi connectivity index (χ0) is 23.6. The Morgan fingerprint density at radius 1 is 0.824 bits per heavy atom. The van der Waals surface area contributed by atoms with Crippen LogP contribution in [0.15, 0.2) is 84.9 Å². The van der Waals surface area contributed by atoms with E-state index in [9.17, 15) is 0 Å². The highest BCUT2D eigenvalue weighted by atomic mass is 28.4. The second kappa shape index (κ2) is 12.1. The van der Waals surface area contributed by atoms with Crippen molar-refractivity contribution in [2.75, 3.05) is 13.2 Å². The molecule has 0 aromatic heterocycles. The molecule has 2 unspecified atom stereocenters. The second-order valence-electron chi connectivity index (χ2n) is 8.50. The molecule has 0 saturated carbocycles. The molecule has 1 aliphatic rings. The van der Waals surface area contributed by atoms with Crippen molar-refractivity contribution in [2.24, 2.45) is 0 Å². The Hall–Kier alpha value is -2.80. The first-order valence-electron chi connectivity index (χ1n) is 12.2. The smallest absolute Gasteiger partial charge is 0.483 e. The number of epoxide rings is 1. The quantitative estimate of drug-likeness (QED) is 0.201. The summed E-state index contributed by atoms with van der Waals surface area (Å²) in [4.78, 5) is 0. The van der Waals surface area contributed by atoms with Gasteiger partial charge in [-0.15, -0.1) is 0 Å². The molecule has 0 bridgehead atoms. The van der Waals surface area contributed by atoms with Gasteiger partial charge in [0, 0.05) is 6.42 Å². The van der Waals surface area contributed by atoms with Crippen molar-refractivity contribution in [3.63, 3.8) is 0 Å². The van der Waals surface area contributed by atoms with Crippen LogP contribution in [-0.4, -0.2) is 34.2 Å². The van der Waals surface area contributed by atoms with E-state index in [-0.39, 0.29) is 12.2 Å². The molecule has 1 heterocycles. The van der Waals surface area contributed by atoms with E-state index in [0.29, 0.717) is 12.7 Å². The van der Waals surface area contributed by atoms with Crippen LogP contribution in [0.1, 0.15) is 32.3 Å². The van der Waals surface area contributed by atoms with Gasteiger partial charge in [-0.2, -0.15) is 0 Å². The van der Waals surface area contributed by atoms with Crippen LogP contribution in [0.4, 0.5) is 0 Å². The SMILES string of the molecule is CCC[Si](Oc1ccccc1)(Oc1ccccc1)Oc1ccccc1CC(CC)OCC1CO1. The van der Waals surface area contributed by atoms with Crippen LogP contribution in [0.3, 0.4) is 0 Å². The molecule has 3 aromatic carbocycles. The van der Waals surface area contributed by atoms with Gasteiger partial charge in [0.1, 0.15) is 23.4 Å². The van der Waals surface area contributed by atoms with E-state index in [1.165, 1.54) is 0 Å². The minimum atomic E-state index is -3.20. The Morgan fingerprint density at radius 2 is 1.41 bits per heavy atom. The fourth-order valence-corrected chi connectivity index (χ4v) is 6.34. The van der Waals surface area contributed by atoms with Gasteiger partial charge in [0.15, 0.2) is 0 Å². The molecule has 3 aromatic rings. The molecule has 1 saturated heterocycles. The Morgan fingerprint density at radius 3 is 1.97 bits per heavy atom. The van der Waals surface area contributed by atoms with Crippen LogP contribution in [0.5, 0.6) is 17.2 Å². The van der Waals surface area contributed by atoms with E-state index >= 15 is 0 Å². The lowest BCUT2D eigenvalue weighted by atomic mass is 10.1. The number of ether oxygens (including phenoxy) is 2.